The molecule has 1 amide bonds. The lowest BCUT2D eigenvalue weighted by Gasteiger charge is -2.10. The minimum atomic E-state index is -0.320. The SMILES string of the molecule is COc1ccc(-n2nnc(C(=O)Nc3cc(C)cc(C)c3)c2CSc2ncccn2)cc1. The first-order valence-electron chi connectivity index (χ1n) is 9.92. The van der Waals surface area contributed by atoms with Crippen molar-refractivity contribution in [3.05, 3.63) is 83.4 Å². The third kappa shape index (κ3) is 4.94. The van der Waals surface area contributed by atoms with Crippen LogP contribution < -0.4 is 10.1 Å². The Labute approximate surface area is 190 Å². The number of methoxy groups -OCH3 is 1. The van der Waals surface area contributed by atoms with Crippen molar-refractivity contribution >= 4 is 23.4 Å². The molecule has 0 aliphatic carbocycles. The van der Waals surface area contributed by atoms with Gasteiger partial charge in [-0.25, -0.2) is 14.6 Å². The Morgan fingerprint density at radius 2 is 1.75 bits per heavy atom. The van der Waals surface area contributed by atoms with Gasteiger partial charge in [0.1, 0.15) is 5.75 Å². The first-order valence-corrected chi connectivity index (χ1v) is 10.9. The van der Waals surface area contributed by atoms with Crippen LogP contribution in [0.25, 0.3) is 5.69 Å². The van der Waals surface area contributed by atoms with Gasteiger partial charge in [-0.3, -0.25) is 4.79 Å². The first kappa shape index (κ1) is 21.5. The zero-order chi connectivity index (χ0) is 22.5. The summed E-state index contributed by atoms with van der Waals surface area (Å²) in [7, 11) is 1.61. The maximum Gasteiger partial charge on any atom is 0.278 e. The van der Waals surface area contributed by atoms with Crippen LogP contribution in [0.15, 0.2) is 66.1 Å². The van der Waals surface area contributed by atoms with E-state index in [1.807, 2.05) is 50.2 Å². The Bertz CT molecular complexity index is 1200. The molecule has 2 aromatic carbocycles. The molecule has 9 heteroatoms. The monoisotopic (exact) mass is 446 g/mol. The van der Waals surface area contributed by atoms with Crippen LogP contribution >= 0.6 is 11.8 Å². The van der Waals surface area contributed by atoms with Crippen LogP contribution in [0.1, 0.15) is 27.3 Å². The molecule has 4 rings (SSSR count). The van der Waals surface area contributed by atoms with Gasteiger partial charge in [0.25, 0.3) is 5.91 Å². The standard InChI is InChI=1S/C23H22N6O2S/c1-15-11-16(2)13-17(12-15)26-22(30)21-20(14-32-23-24-9-4-10-25-23)29(28-27-21)18-5-7-19(31-3)8-6-18/h4-13H,14H2,1-3H3,(H,26,30). The van der Waals surface area contributed by atoms with Gasteiger partial charge in [0.15, 0.2) is 10.9 Å². The summed E-state index contributed by atoms with van der Waals surface area (Å²) in [5.74, 6) is 0.827. The van der Waals surface area contributed by atoms with Crippen LogP contribution in [0.3, 0.4) is 0 Å². The molecule has 8 nitrogen and oxygen atoms in total. The molecule has 0 fully saturated rings. The van der Waals surface area contributed by atoms with Gasteiger partial charge in [0, 0.05) is 23.8 Å². The van der Waals surface area contributed by atoms with E-state index in [1.165, 1.54) is 11.8 Å². The predicted molar refractivity (Wildman–Crippen MR) is 123 cm³/mol. The second kappa shape index (κ2) is 9.61. The molecule has 2 aromatic heterocycles. The molecular formula is C23H22N6O2S. The lowest BCUT2D eigenvalue weighted by atomic mass is 10.1. The molecule has 0 aliphatic heterocycles. The lowest BCUT2D eigenvalue weighted by molar-refractivity contribution is 0.102. The van der Waals surface area contributed by atoms with E-state index in [1.54, 1.807) is 30.3 Å². The molecule has 32 heavy (non-hydrogen) atoms. The zero-order valence-corrected chi connectivity index (χ0v) is 18.8. The molecule has 1 N–H and O–H groups in total. The highest BCUT2D eigenvalue weighted by Crippen LogP contribution is 2.24. The quantitative estimate of drug-likeness (QED) is 0.335. The number of benzene rings is 2. The average molecular weight is 447 g/mol. The molecule has 0 atom stereocenters. The largest absolute Gasteiger partial charge is 0.497 e. The van der Waals surface area contributed by atoms with Crippen LogP contribution in [0, 0.1) is 13.8 Å². The van der Waals surface area contributed by atoms with Crippen molar-refractivity contribution < 1.29 is 9.53 Å². The number of carbonyl (C=O) groups excluding carboxylic acids is 1. The summed E-state index contributed by atoms with van der Waals surface area (Å²) >= 11 is 1.41. The number of ether oxygens (including phenoxy) is 1. The summed E-state index contributed by atoms with van der Waals surface area (Å²) in [6.45, 7) is 3.98. The number of thioether (sulfide) groups is 1. The number of nitrogens with zero attached hydrogens (tertiary/aromatic N) is 5. The topological polar surface area (TPSA) is 94.8 Å². The number of hydrogen-bond acceptors (Lipinski definition) is 7. The molecule has 0 radical (unpaired) electrons. The fraction of sp³-hybridized carbons (Fsp3) is 0.174. The summed E-state index contributed by atoms with van der Waals surface area (Å²) < 4.78 is 6.90. The average Bonchev–Trinajstić information content (AvgIpc) is 3.22. The molecule has 0 saturated carbocycles. The van der Waals surface area contributed by atoms with Crippen molar-refractivity contribution in [2.75, 3.05) is 12.4 Å². The number of aryl methyl sites for hydroxylation is 2. The normalized spacial score (nSPS) is 10.7. The van der Waals surface area contributed by atoms with Gasteiger partial charge in [-0.1, -0.05) is 23.0 Å². The number of aromatic nitrogens is 5. The molecule has 0 unspecified atom stereocenters. The van der Waals surface area contributed by atoms with Crippen molar-refractivity contribution in [3.63, 3.8) is 0 Å². The van der Waals surface area contributed by atoms with Gasteiger partial charge in [-0.15, -0.1) is 5.10 Å². The van der Waals surface area contributed by atoms with Crippen molar-refractivity contribution in [1.29, 1.82) is 0 Å². The molecule has 0 spiro atoms. The summed E-state index contributed by atoms with van der Waals surface area (Å²) in [5, 5.41) is 12.0. The van der Waals surface area contributed by atoms with E-state index in [2.05, 4.69) is 31.7 Å². The van der Waals surface area contributed by atoms with Crippen LogP contribution in [0.4, 0.5) is 5.69 Å². The van der Waals surface area contributed by atoms with Crippen LogP contribution in [-0.2, 0) is 5.75 Å². The van der Waals surface area contributed by atoms with Gasteiger partial charge in [-0.2, -0.15) is 0 Å². The van der Waals surface area contributed by atoms with Gasteiger partial charge < -0.3 is 10.1 Å². The number of anilines is 1. The zero-order valence-electron chi connectivity index (χ0n) is 17.9. The molecule has 162 valence electrons. The van der Waals surface area contributed by atoms with E-state index < -0.39 is 0 Å². The number of nitrogens with one attached hydrogen (secondary N) is 1. The van der Waals surface area contributed by atoms with Crippen LogP contribution in [0.2, 0.25) is 0 Å². The van der Waals surface area contributed by atoms with E-state index in [9.17, 15) is 4.79 Å². The van der Waals surface area contributed by atoms with Gasteiger partial charge in [0.2, 0.25) is 0 Å². The third-order valence-electron chi connectivity index (χ3n) is 4.65. The molecule has 4 aromatic rings. The Hall–Kier alpha value is -3.72. The first-order chi connectivity index (χ1) is 15.5. The van der Waals surface area contributed by atoms with Crippen molar-refractivity contribution in [2.24, 2.45) is 0 Å². The fourth-order valence-corrected chi connectivity index (χ4v) is 4.06. The maximum atomic E-state index is 13.1. The Morgan fingerprint density at radius 1 is 1.06 bits per heavy atom. The molecule has 0 saturated heterocycles. The van der Waals surface area contributed by atoms with E-state index in [4.69, 9.17) is 4.74 Å². The third-order valence-corrected chi connectivity index (χ3v) is 5.54. The number of hydrogen-bond donors (Lipinski definition) is 1. The Kier molecular flexibility index (Phi) is 6.46. The van der Waals surface area contributed by atoms with E-state index >= 15 is 0 Å². The number of rotatable bonds is 7. The van der Waals surface area contributed by atoms with Gasteiger partial charge in [-0.05, 0) is 67.4 Å². The number of carbonyl (C=O) groups is 1. The fourth-order valence-electron chi connectivity index (χ4n) is 3.27. The molecule has 0 aliphatic rings. The Balaban J connectivity index is 1.67. The van der Waals surface area contributed by atoms with Crippen molar-refractivity contribution in [2.45, 2.75) is 24.8 Å². The van der Waals surface area contributed by atoms with E-state index in [-0.39, 0.29) is 11.6 Å². The second-order valence-corrected chi connectivity index (χ2v) is 8.09. The highest BCUT2D eigenvalue weighted by molar-refractivity contribution is 7.98. The van der Waals surface area contributed by atoms with E-state index in [0.717, 1.165) is 28.3 Å². The predicted octanol–water partition coefficient (Wildman–Crippen LogP) is 4.23. The lowest BCUT2D eigenvalue weighted by Crippen LogP contribution is -2.15. The summed E-state index contributed by atoms with van der Waals surface area (Å²) in [4.78, 5) is 21.6. The number of amides is 1. The smallest absolute Gasteiger partial charge is 0.278 e. The molecule has 0 bridgehead atoms. The van der Waals surface area contributed by atoms with Gasteiger partial charge in [0.05, 0.1) is 18.5 Å². The Morgan fingerprint density at radius 3 is 2.41 bits per heavy atom. The summed E-state index contributed by atoms with van der Waals surface area (Å²) in [5.41, 5.74) is 4.53. The van der Waals surface area contributed by atoms with E-state index in [0.29, 0.717) is 16.6 Å². The summed E-state index contributed by atoms with van der Waals surface area (Å²) in [6, 6.07) is 15.1. The van der Waals surface area contributed by atoms with Gasteiger partial charge >= 0.3 is 0 Å². The highest BCUT2D eigenvalue weighted by Gasteiger charge is 2.21. The second-order valence-electron chi connectivity index (χ2n) is 7.15. The van der Waals surface area contributed by atoms with Crippen molar-refractivity contribution in [3.8, 4) is 11.4 Å². The molecule has 2 heterocycles. The highest BCUT2D eigenvalue weighted by atomic mass is 32.2. The molecular weight excluding hydrogens is 424 g/mol. The van der Waals surface area contributed by atoms with Crippen molar-refractivity contribution in [1.82, 2.24) is 25.0 Å². The summed E-state index contributed by atoms with van der Waals surface area (Å²) in [6.07, 6.45) is 3.37. The minimum Gasteiger partial charge on any atom is -0.497 e. The maximum absolute atomic E-state index is 13.1. The minimum absolute atomic E-state index is 0.253. The van der Waals surface area contributed by atoms with Crippen LogP contribution in [0.5, 0.6) is 5.75 Å². The van der Waals surface area contributed by atoms with Crippen LogP contribution in [-0.4, -0.2) is 38.0 Å².